The fourth-order valence-corrected chi connectivity index (χ4v) is 2.96. The van der Waals surface area contributed by atoms with Crippen LogP contribution in [0, 0.1) is 0 Å². The first kappa shape index (κ1) is 14.5. The smallest absolute Gasteiger partial charge is 0.224 e. The molecule has 2 aromatic heterocycles. The van der Waals surface area contributed by atoms with Crippen molar-refractivity contribution in [2.24, 2.45) is 0 Å². The van der Waals surface area contributed by atoms with Crippen molar-refractivity contribution in [3.05, 3.63) is 66.1 Å². The number of aromatic amines is 2. The van der Waals surface area contributed by atoms with Gasteiger partial charge in [-0.25, -0.2) is 4.98 Å². The number of aromatic nitrogens is 3. The van der Waals surface area contributed by atoms with Crippen molar-refractivity contribution >= 4 is 27.8 Å². The number of nitrogens with one attached hydrogen (secondary N) is 3. The average molecular weight is 318 g/mol. The molecule has 2 heterocycles. The summed E-state index contributed by atoms with van der Waals surface area (Å²) in [7, 11) is 0. The molecule has 0 aliphatic rings. The Morgan fingerprint density at radius 1 is 1.04 bits per heavy atom. The predicted octanol–water partition coefficient (Wildman–Crippen LogP) is 2.95. The molecule has 0 fully saturated rings. The Morgan fingerprint density at radius 2 is 1.83 bits per heavy atom. The van der Waals surface area contributed by atoms with E-state index >= 15 is 0 Å². The maximum absolute atomic E-state index is 12.2. The molecule has 1 amide bonds. The summed E-state index contributed by atoms with van der Waals surface area (Å²) in [6, 6.07) is 15.9. The molecular formula is C19H18N4O. The van der Waals surface area contributed by atoms with E-state index in [2.05, 4.69) is 20.3 Å². The van der Waals surface area contributed by atoms with Gasteiger partial charge in [0.15, 0.2) is 0 Å². The van der Waals surface area contributed by atoms with Crippen molar-refractivity contribution in [2.45, 2.75) is 12.8 Å². The van der Waals surface area contributed by atoms with Gasteiger partial charge in [0.2, 0.25) is 5.91 Å². The third-order valence-electron chi connectivity index (χ3n) is 4.15. The predicted molar refractivity (Wildman–Crippen MR) is 94.8 cm³/mol. The Balaban J connectivity index is 1.35. The Labute approximate surface area is 139 Å². The maximum Gasteiger partial charge on any atom is 0.224 e. The van der Waals surface area contributed by atoms with Crippen LogP contribution in [0.2, 0.25) is 0 Å². The van der Waals surface area contributed by atoms with Gasteiger partial charge in [-0.2, -0.15) is 0 Å². The van der Waals surface area contributed by atoms with Gasteiger partial charge in [0.05, 0.1) is 17.5 Å². The highest BCUT2D eigenvalue weighted by Gasteiger charge is 2.08. The van der Waals surface area contributed by atoms with Crippen LogP contribution in [-0.2, 0) is 17.6 Å². The van der Waals surface area contributed by atoms with Crippen molar-refractivity contribution in [3.63, 3.8) is 0 Å². The Bertz CT molecular complexity index is 966. The first-order valence-corrected chi connectivity index (χ1v) is 8.05. The number of imidazole rings is 1. The lowest BCUT2D eigenvalue weighted by atomic mass is 10.1. The molecule has 24 heavy (non-hydrogen) atoms. The SMILES string of the molecule is O=C(Cc1c[nH]c2ccccc12)NCCc1nc2ccccc2[nH]1. The topological polar surface area (TPSA) is 73.6 Å². The number of carbonyl (C=O) groups excluding carboxylic acids is 1. The summed E-state index contributed by atoms with van der Waals surface area (Å²) in [6.07, 6.45) is 2.97. The summed E-state index contributed by atoms with van der Waals surface area (Å²) in [5.41, 5.74) is 4.06. The lowest BCUT2D eigenvalue weighted by Crippen LogP contribution is -2.27. The number of H-pyrrole nitrogens is 2. The first-order chi connectivity index (χ1) is 11.8. The Morgan fingerprint density at radius 3 is 2.71 bits per heavy atom. The van der Waals surface area contributed by atoms with Gasteiger partial charge in [-0.15, -0.1) is 0 Å². The van der Waals surface area contributed by atoms with E-state index in [9.17, 15) is 4.79 Å². The van der Waals surface area contributed by atoms with Crippen LogP contribution in [0.15, 0.2) is 54.7 Å². The van der Waals surface area contributed by atoms with Crippen LogP contribution in [0.1, 0.15) is 11.4 Å². The van der Waals surface area contributed by atoms with E-state index in [1.54, 1.807) is 0 Å². The third kappa shape index (κ3) is 2.88. The Hall–Kier alpha value is -3.08. The van der Waals surface area contributed by atoms with Gasteiger partial charge in [-0.3, -0.25) is 4.79 Å². The van der Waals surface area contributed by atoms with Gasteiger partial charge < -0.3 is 15.3 Å². The van der Waals surface area contributed by atoms with Crippen LogP contribution in [-0.4, -0.2) is 27.4 Å². The Kier molecular flexibility index (Phi) is 3.75. The molecule has 0 saturated heterocycles. The second kappa shape index (κ2) is 6.20. The summed E-state index contributed by atoms with van der Waals surface area (Å²) in [5, 5.41) is 4.07. The molecule has 5 heteroatoms. The lowest BCUT2D eigenvalue weighted by molar-refractivity contribution is -0.120. The normalized spacial score (nSPS) is 11.2. The molecule has 0 spiro atoms. The summed E-state index contributed by atoms with van der Waals surface area (Å²) in [5.74, 6) is 0.916. The summed E-state index contributed by atoms with van der Waals surface area (Å²) in [4.78, 5) is 23.1. The van der Waals surface area contributed by atoms with E-state index in [0.29, 0.717) is 19.4 Å². The fourth-order valence-electron chi connectivity index (χ4n) is 2.96. The molecule has 0 aliphatic heterocycles. The highest BCUT2D eigenvalue weighted by atomic mass is 16.1. The number of fused-ring (bicyclic) bond motifs is 2. The van der Waals surface area contributed by atoms with E-state index in [1.807, 2.05) is 54.7 Å². The number of carbonyl (C=O) groups is 1. The number of rotatable bonds is 5. The quantitative estimate of drug-likeness (QED) is 0.529. The highest BCUT2D eigenvalue weighted by Crippen LogP contribution is 2.18. The van der Waals surface area contributed by atoms with Crippen LogP contribution >= 0.6 is 0 Å². The molecule has 3 N–H and O–H groups in total. The minimum absolute atomic E-state index is 0.0239. The molecule has 0 aliphatic carbocycles. The number of hydrogen-bond donors (Lipinski definition) is 3. The van der Waals surface area contributed by atoms with Gasteiger partial charge in [0.25, 0.3) is 0 Å². The maximum atomic E-state index is 12.2. The average Bonchev–Trinajstić information content (AvgIpc) is 3.19. The standard InChI is InChI=1S/C19H18N4O/c24-19(11-13-12-21-15-6-2-1-5-14(13)15)20-10-9-18-22-16-7-3-4-8-17(16)23-18/h1-8,12,21H,9-11H2,(H,20,24)(H,22,23). The van der Waals surface area contributed by atoms with Gasteiger partial charge >= 0.3 is 0 Å². The molecule has 0 atom stereocenters. The molecule has 2 aromatic carbocycles. The van der Waals surface area contributed by atoms with Gasteiger partial charge in [-0.1, -0.05) is 30.3 Å². The molecule has 0 saturated carbocycles. The molecular weight excluding hydrogens is 300 g/mol. The third-order valence-corrected chi connectivity index (χ3v) is 4.15. The molecule has 4 rings (SSSR count). The number of amides is 1. The van der Waals surface area contributed by atoms with E-state index in [0.717, 1.165) is 33.3 Å². The van der Waals surface area contributed by atoms with Crippen LogP contribution in [0.3, 0.4) is 0 Å². The zero-order chi connectivity index (χ0) is 16.4. The van der Waals surface area contributed by atoms with E-state index in [-0.39, 0.29) is 5.91 Å². The van der Waals surface area contributed by atoms with Crippen molar-refractivity contribution in [1.82, 2.24) is 20.3 Å². The van der Waals surface area contributed by atoms with Gasteiger partial charge in [0.1, 0.15) is 5.82 Å². The minimum Gasteiger partial charge on any atom is -0.361 e. The zero-order valence-electron chi connectivity index (χ0n) is 13.2. The zero-order valence-corrected chi connectivity index (χ0v) is 13.2. The summed E-state index contributed by atoms with van der Waals surface area (Å²) in [6.45, 7) is 0.570. The van der Waals surface area contributed by atoms with Crippen LogP contribution < -0.4 is 5.32 Å². The van der Waals surface area contributed by atoms with Crippen molar-refractivity contribution in [3.8, 4) is 0 Å². The largest absolute Gasteiger partial charge is 0.361 e. The fraction of sp³-hybridized carbons (Fsp3) is 0.158. The van der Waals surface area contributed by atoms with Crippen LogP contribution in [0.25, 0.3) is 21.9 Å². The molecule has 4 aromatic rings. The number of para-hydroxylation sites is 3. The second-order valence-corrected chi connectivity index (χ2v) is 5.84. The molecule has 120 valence electrons. The van der Waals surface area contributed by atoms with Gasteiger partial charge in [0, 0.05) is 30.1 Å². The monoisotopic (exact) mass is 318 g/mol. The lowest BCUT2D eigenvalue weighted by Gasteiger charge is -2.03. The van der Waals surface area contributed by atoms with Crippen LogP contribution in [0.5, 0.6) is 0 Å². The first-order valence-electron chi connectivity index (χ1n) is 8.05. The van der Waals surface area contributed by atoms with E-state index in [1.165, 1.54) is 0 Å². The number of hydrogen-bond acceptors (Lipinski definition) is 2. The number of nitrogens with zero attached hydrogens (tertiary/aromatic N) is 1. The summed E-state index contributed by atoms with van der Waals surface area (Å²) < 4.78 is 0. The van der Waals surface area contributed by atoms with E-state index in [4.69, 9.17) is 0 Å². The van der Waals surface area contributed by atoms with Gasteiger partial charge in [-0.05, 0) is 23.8 Å². The van der Waals surface area contributed by atoms with E-state index < -0.39 is 0 Å². The van der Waals surface area contributed by atoms with Crippen LogP contribution in [0.4, 0.5) is 0 Å². The van der Waals surface area contributed by atoms with Crippen molar-refractivity contribution < 1.29 is 4.79 Å². The van der Waals surface area contributed by atoms with Crippen molar-refractivity contribution in [1.29, 1.82) is 0 Å². The second-order valence-electron chi connectivity index (χ2n) is 5.84. The summed E-state index contributed by atoms with van der Waals surface area (Å²) >= 11 is 0. The highest BCUT2D eigenvalue weighted by molar-refractivity contribution is 5.88. The number of benzene rings is 2. The molecule has 0 radical (unpaired) electrons. The molecule has 0 unspecified atom stereocenters. The minimum atomic E-state index is 0.0239. The van der Waals surface area contributed by atoms with Crippen molar-refractivity contribution in [2.75, 3.05) is 6.54 Å². The molecule has 5 nitrogen and oxygen atoms in total. The molecule has 0 bridgehead atoms.